The zero-order valence-corrected chi connectivity index (χ0v) is 22.5. The van der Waals surface area contributed by atoms with Gasteiger partial charge in [0.15, 0.2) is 0 Å². The van der Waals surface area contributed by atoms with E-state index in [0.29, 0.717) is 23.9 Å². The molecule has 0 bridgehead atoms. The maximum absolute atomic E-state index is 13.2. The Morgan fingerprint density at radius 1 is 1.16 bits per heavy atom. The first kappa shape index (κ1) is 24.7. The van der Waals surface area contributed by atoms with Crippen molar-refractivity contribution in [3.63, 3.8) is 0 Å². The lowest BCUT2D eigenvalue weighted by Crippen LogP contribution is -2.36. The Labute approximate surface area is 227 Å². The molecule has 2 aromatic carbocycles. The van der Waals surface area contributed by atoms with Crippen LogP contribution in [0, 0.1) is 29.1 Å². The number of benzene rings is 2. The van der Waals surface area contributed by atoms with Crippen LogP contribution in [-0.4, -0.2) is 19.6 Å². The van der Waals surface area contributed by atoms with Crippen LogP contribution in [0.2, 0.25) is 0 Å². The highest BCUT2D eigenvalue weighted by molar-refractivity contribution is 5.94. The van der Waals surface area contributed by atoms with Crippen LogP contribution in [-0.2, 0) is 11.8 Å². The molecular formula is C34H37N2O2. The molecule has 1 N–H and O–H groups in total. The maximum atomic E-state index is 13.2. The predicted molar refractivity (Wildman–Crippen MR) is 152 cm³/mol. The number of hydrogen-bond donors (Lipinski definition) is 1. The topological polar surface area (TPSA) is 62.1 Å². The van der Waals surface area contributed by atoms with Crippen molar-refractivity contribution in [3.05, 3.63) is 106 Å². The van der Waals surface area contributed by atoms with E-state index in [4.69, 9.17) is 4.74 Å². The molecule has 1 unspecified atom stereocenters. The minimum atomic E-state index is -0.598. The van der Waals surface area contributed by atoms with Crippen LogP contribution in [0.1, 0.15) is 73.9 Å². The van der Waals surface area contributed by atoms with Gasteiger partial charge in [-0.1, -0.05) is 54.5 Å². The summed E-state index contributed by atoms with van der Waals surface area (Å²) >= 11 is 0. The molecule has 4 aliphatic rings. The number of rotatable bonds is 6. The first-order chi connectivity index (χ1) is 18.3. The van der Waals surface area contributed by atoms with Crippen LogP contribution in [0.3, 0.4) is 0 Å². The molecule has 38 heavy (non-hydrogen) atoms. The highest BCUT2D eigenvalue weighted by Gasteiger charge is 2.39. The standard InChI is InChI=1S/C34H35N2O2.H2/c1-33(11-5-7-25(18-33)27-13-26(14-27)22-6-4-8-30(16-22)38-3)21-36-32(37)24-10-9-23-12-28-15-29(28)19-34(2,20-35)31(23)17-24;/h4-10,15-18,26-27H,11-14,19,21H2,1-3H3,(H,36,37);1H/t26?,27?,33?,34-;/m0./s1. The number of carbonyl (C=O) groups excluding carboxylic acids is 1. The van der Waals surface area contributed by atoms with Gasteiger partial charge in [0.2, 0.25) is 0 Å². The second-order valence-corrected chi connectivity index (χ2v) is 12.1. The van der Waals surface area contributed by atoms with E-state index in [1.807, 2.05) is 31.2 Å². The van der Waals surface area contributed by atoms with Gasteiger partial charge in [0, 0.05) is 25.4 Å². The van der Waals surface area contributed by atoms with E-state index < -0.39 is 5.41 Å². The fraction of sp³-hybridized carbons (Fsp3) is 0.382. The van der Waals surface area contributed by atoms with Crippen LogP contribution in [0.5, 0.6) is 5.75 Å². The fourth-order valence-electron chi connectivity index (χ4n) is 6.46. The predicted octanol–water partition coefficient (Wildman–Crippen LogP) is 7.00. The van der Waals surface area contributed by atoms with Gasteiger partial charge in [-0.25, -0.2) is 0 Å². The van der Waals surface area contributed by atoms with Gasteiger partial charge in [-0.3, -0.25) is 4.79 Å². The third-order valence-corrected chi connectivity index (χ3v) is 9.05. The van der Waals surface area contributed by atoms with E-state index in [9.17, 15) is 10.1 Å². The summed E-state index contributed by atoms with van der Waals surface area (Å²) < 4.78 is 5.40. The van der Waals surface area contributed by atoms with Gasteiger partial charge in [-0.2, -0.15) is 5.26 Å². The van der Waals surface area contributed by atoms with Crippen LogP contribution in [0.15, 0.2) is 77.4 Å². The highest BCUT2D eigenvalue weighted by atomic mass is 16.5. The molecule has 1 fully saturated rings. The molecule has 2 aromatic rings. The van der Waals surface area contributed by atoms with Crippen LogP contribution >= 0.6 is 0 Å². The number of nitriles is 1. The number of amides is 1. The SMILES string of the molecule is COc1cccc(C2CC(C3=CC(C)(CNC(=O)c4ccc5c(c4)[C@](C)(C#N)CC4=C([CH]4)C5)CC=C3)C2)c1.[HH]. The number of nitrogens with zero attached hydrogens (tertiary/aromatic N) is 1. The average Bonchev–Trinajstić information content (AvgIpc) is 3.64. The molecule has 195 valence electrons. The second kappa shape index (κ2) is 9.31. The van der Waals surface area contributed by atoms with Crippen molar-refractivity contribution in [2.45, 2.75) is 57.3 Å². The van der Waals surface area contributed by atoms with Crippen molar-refractivity contribution in [1.82, 2.24) is 5.32 Å². The quantitative estimate of drug-likeness (QED) is 0.460. The third kappa shape index (κ3) is 4.60. The number of allylic oxidation sites excluding steroid dienone is 5. The number of fused-ring (bicyclic) bond motifs is 1. The third-order valence-electron chi connectivity index (χ3n) is 9.05. The largest absolute Gasteiger partial charge is 0.497 e. The van der Waals surface area contributed by atoms with Gasteiger partial charge in [0.1, 0.15) is 5.75 Å². The zero-order valence-electron chi connectivity index (χ0n) is 22.5. The number of ether oxygens (including phenoxy) is 1. The Balaban J connectivity index is 0.00000308. The van der Waals surface area contributed by atoms with Crippen LogP contribution in [0.25, 0.3) is 0 Å². The first-order valence-electron chi connectivity index (χ1n) is 13.7. The molecular weight excluding hydrogens is 468 g/mol. The van der Waals surface area contributed by atoms with Gasteiger partial charge in [-0.15, -0.1) is 0 Å². The van der Waals surface area contributed by atoms with E-state index >= 15 is 0 Å². The number of hydrogen-bond acceptors (Lipinski definition) is 3. The molecule has 6 rings (SSSR count). The van der Waals surface area contributed by atoms with Gasteiger partial charge in [-0.05, 0) is 97.4 Å². The molecule has 0 aliphatic heterocycles. The molecule has 0 saturated heterocycles. The molecule has 0 heterocycles. The molecule has 2 atom stereocenters. The van der Waals surface area contributed by atoms with E-state index in [1.165, 1.54) is 22.3 Å². The normalized spacial score (nSPS) is 29.2. The average molecular weight is 506 g/mol. The summed E-state index contributed by atoms with van der Waals surface area (Å²) in [6, 6.07) is 16.9. The Morgan fingerprint density at radius 3 is 2.79 bits per heavy atom. The number of nitrogens with one attached hydrogen (secondary N) is 1. The van der Waals surface area contributed by atoms with Crippen LogP contribution < -0.4 is 10.1 Å². The molecule has 4 aliphatic carbocycles. The summed E-state index contributed by atoms with van der Waals surface area (Å²) in [5, 5.41) is 13.2. The lowest BCUT2D eigenvalue weighted by molar-refractivity contribution is 0.0940. The zero-order chi connectivity index (χ0) is 26.5. The van der Waals surface area contributed by atoms with Gasteiger partial charge < -0.3 is 10.1 Å². The number of carbonyl (C=O) groups is 1. The second-order valence-electron chi connectivity index (χ2n) is 12.1. The summed E-state index contributed by atoms with van der Waals surface area (Å²) in [5.74, 6) is 1.99. The van der Waals surface area contributed by atoms with Crippen molar-refractivity contribution in [2.75, 3.05) is 13.7 Å². The minimum Gasteiger partial charge on any atom is -0.497 e. The number of methoxy groups -OCH3 is 1. The summed E-state index contributed by atoms with van der Waals surface area (Å²) in [6.07, 6.45) is 13.9. The van der Waals surface area contributed by atoms with E-state index in [2.05, 4.69) is 61.2 Å². The summed E-state index contributed by atoms with van der Waals surface area (Å²) in [4.78, 5) is 13.2. The van der Waals surface area contributed by atoms with Crippen molar-refractivity contribution in [1.29, 1.82) is 5.26 Å². The molecule has 1 radical (unpaired) electrons. The summed E-state index contributed by atoms with van der Waals surface area (Å²) in [5.41, 5.74) is 7.50. The molecule has 1 amide bonds. The Hall–Kier alpha value is -3.58. The van der Waals surface area contributed by atoms with Gasteiger partial charge in [0.05, 0.1) is 18.6 Å². The van der Waals surface area contributed by atoms with Gasteiger partial charge in [0.25, 0.3) is 5.91 Å². The molecule has 0 aromatic heterocycles. The highest BCUT2D eigenvalue weighted by Crippen LogP contribution is 2.49. The molecule has 4 heteroatoms. The Bertz CT molecular complexity index is 1440. The Morgan fingerprint density at radius 2 is 2.00 bits per heavy atom. The maximum Gasteiger partial charge on any atom is 0.251 e. The fourth-order valence-corrected chi connectivity index (χ4v) is 6.46. The summed E-state index contributed by atoms with van der Waals surface area (Å²) in [7, 11) is 1.72. The molecule has 4 nitrogen and oxygen atoms in total. The van der Waals surface area contributed by atoms with Gasteiger partial charge >= 0.3 is 0 Å². The minimum absolute atomic E-state index is 0. The smallest absolute Gasteiger partial charge is 0.251 e. The van der Waals surface area contributed by atoms with E-state index in [-0.39, 0.29) is 12.7 Å². The van der Waals surface area contributed by atoms with Crippen molar-refractivity contribution < 1.29 is 11.0 Å². The summed E-state index contributed by atoms with van der Waals surface area (Å²) in [6.45, 7) is 4.82. The Kier molecular flexibility index (Phi) is 6.06. The monoisotopic (exact) mass is 505 g/mol. The lowest BCUT2D eigenvalue weighted by atomic mass is 9.66. The lowest BCUT2D eigenvalue weighted by Gasteiger charge is -2.39. The molecule has 0 spiro atoms. The first-order valence-corrected chi connectivity index (χ1v) is 13.7. The van der Waals surface area contributed by atoms with Crippen LogP contribution in [0.4, 0.5) is 0 Å². The molecule has 1 saturated carbocycles. The van der Waals surface area contributed by atoms with E-state index in [1.54, 1.807) is 7.11 Å². The van der Waals surface area contributed by atoms with Crippen molar-refractivity contribution in [2.24, 2.45) is 11.3 Å². The van der Waals surface area contributed by atoms with Crippen molar-refractivity contribution >= 4 is 5.91 Å². The van der Waals surface area contributed by atoms with E-state index in [0.717, 1.165) is 49.0 Å². The van der Waals surface area contributed by atoms with Crippen molar-refractivity contribution in [3.8, 4) is 11.8 Å².